The number of rotatable bonds is 12. The van der Waals surface area contributed by atoms with Gasteiger partial charge in [0.15, 0.2) is 0 Å². The highest BCUT2D eigenvalue weighted by atomic mass is 79.9. The number of aromatic nitrogens is 1. The number of benzene rings is 1. The lowest BCUT2D eigenvalue weighted by Crippen LogP contribution is -2.59. The first-order valence-electron chi connectivity index (χ1n) is 15.3. The minimum absolute atomic E-state index is 0.0699. The molecule has 0 saturated carbocycles. The largest absolute Gasteiger partial charge is 0.467 e. The number of halogens is 1. The van der Waals surface area contributed by atoms with Crippen LogP contribution in [0.15, 0.2) is 28.9 Å². The fourth-order valence-electron chi connectivity index (χ4n) is 5.90. The molecule has 4 amide bonds. The third kappa shape index (κ3) is 9.20. The second-order valence-electron chi connectivity index (χ2n) is 12.6. The monoisotopic (exact) mass is 661 g/mol. The second kappa shape index (κ2) is 15.6. The van der Waals surface area contributed by atoms with Gasteiger partial charge in [0.1, 0.15) is 18.1 Å². The number of amides is 4. The molecular formula is C32H48BrN5O5. The molecule has 10 nitrogen and oxygen atoms in total. The molecule has 2 heterocycles. The van der Waals surface area contributed by atoms with Gasteiger partial charge in [-0.25, -0.2) is 9.59 Å². The number of likely N-dealkylation sites (tertiary alicyclic amines) is 1. The van der Waals surface area contributed by atoms with E-state index in [9.17, 15) is 19.2 Å². The zero-order valence-electron chi connectivity index (χ0n) is 26.5. The Hall–Kier alpha value is -3.08. The Morgan fingerprint density at radius 2 is 1.47 bits per heavy atom. The Kier molecular flexibility index (Phi) is 12.5. The maximum Gasteiger partial charge on any atom is 0.328 e. The van der Waals surface area contributed by atoms with Crippen molar-refractivity contribution in [3.63, 3.8) is 0 Å². The summed E-state index contributed by atoms with van der Waals surface area (Å²) < 4.78 is 5.65. The molecule has 0 bridgehead atoms. The van der Waals surface area contributed by atoms with E-state index in [-0.39, 0.29) is 36.4 Å². The number of carbonyl (C=O) groups excluding carboxylic acids is 4. The summed E-state index contributed by atoms with van der Waals surface area (Å²) in [6.07, 6.45) is 3.83. The van der Waals surface area contributed by atoms with Crippen LogP contribution < -0.4 is 16.0 Å². The van der Waals surface area contributed by atoms with Gasteiger partial charge in [-0.15, -0.1) is 0 Å². The third-order valence-electron chi connectivity index (χ3n) is 8.06. The average molecular weight is 663 g/mol. The number of piperidine rings is 1. The van der Waals surface area contributed by atoms with Crippen LogP contribution in [0.2, 0.25) is 0 Å². The molecule has 1 saturated heterocycles. The lowest BCUT2D eigenvalue weighted by Gasteiger charge is -2.39. The molecule has 1 aliphatic rings. The SMILES string of the molecule is COC(=O)[C@@H](CC(C)C)NC(=O)[C@@H](Cc1c(Br)[nH]c2ccccc12)NC(=O)[C@H](CC(C)C)NC(=O)N1[C@H](C)CCC[C@@H]1C. The fraction of sp³-hybridized carbons (Fsp3) is 0.625. The zero-order chi connectivity index (χ0) is 31.8. The van der Waals surface area contributed by atoms with Crippen molar-refractivity contribution >= 4 is 50.6 Å². The molecule has 3 rings (SSSR count). The summed E-state index contributed by atoms with van der Waals surface area (Å²) >= 11 is 3.58. The standard InChI is InChI=1S/C32H48BrN5O5/c1-18(2)15-25(37-32(42)38-20(5)11-10-12-21(38)6)29(39)35-26(30(40)36-27(16-19(3)4)31(41)43-7)17-23-22-13-8-9-14-24(22)34-28(23)33/h8-9,13-14,18-21,25-27,34H,10-12,15-17H2,1-7H3,(H,35,39)(H,36,40)(H,37,42)/t20-,21+,25-,26+,27+/m0/s1. The van der Waals surface area contributed by atoms with Gasteiger partial charge in [0, 0.05) is 29.4 Å². The summed E-state index contributed by atoms with van der Waals surface area (Å²) in [6, 6.07) is 4.83. The second-order valence-corrected chi connectivity index (χ2v) is 13.4. The van der Waals surface area contributed by atoms with Gasteiger partial charge in [-0.1, -0.05) is 45.9 Å². The molecule has 0 radical (unpaired) electrons. The van der Waals surface area contributed by atoms with Crippen molar-refractivity contribution in [1.82, 2.24) is 25.8 Å². The number of methoxy groups -OCH3 is 1. The normalized spacial score (nSPS) is 19.2. The highest BCUT2D eigenvalue weighted by Crippen LogP contribution is 2.28. The maximum absolute atomic E-state index is 13.9. The van der Waals surface area contributed by atoms with Crippen LogP contribution in [0.1, 0.15) is 79.2 Å². The van der Waals surface area contributed by atoms with Crippen molar-refractivity contribution in [2.24, 2.45) is 11.8 Å². The first kappa shape index (κ1) is 34.4. The van der Waals surface area contributed by atoms with E-state index in [2.05, 4.69) is 36.9 Å². The summed E-state index contributed by atoms with van der Waals surface area (Å²) in [6.45, 7) is 11.9. The van der Waals surface area contributed by atoms with Gasteiger partial charge in [-0.05, 0) is 85.3 Å². The number of hydrogen-bond donors (Lipinski definition) is 4. The molecule has 4 N–H and O–H groups in total. The van der Waals surface area contributed by atoms with Crippen LogP contribution in [0, 0.1) is 11.8 Å². The number of para-hydroxylation sites is 1. The van der Waals surface area contributed by atoms with Crippen molar-refractivity contribution in [2.45, 2.75) is 110 Å². The molecule has 0 unspecified atom stereocenters. The molecule has 238 valence electrons. The van der Waals surface area contributed by atoms with Crippen molar-refractivity contribution in [2.75, 3.05) is 7.11 Å². The van der Waals surface area contributed by atoms with Gasteiger partial charge < -0.3 is 30.6 Å². The minimum atomic E-state index is -1.03. The number of urea groups is 1. The summed E-state index contributed by atoms with van der Waals surface area (Å²) in [5.74, 6) is -1.28. The first-order valence-corrected chi connectivity index (χ1v) is 16.1. The molecule has 0 aliphatic carbocycles. The van der Waals surface area contributed by atoms with Crippen LogP contribution >= 0.6 is 15.9 Å². The number of aromatic amines is 1. The fourth-order valence-corrected chi connectivity index (χ4v) is 6.49. The van der Waals surface area contributed by atoms with E-state index in [0.717, 1.165) is 35.7 Å². The van der Waals surface area contributed by atoms with E-state index in [1.807, 2.05) is 70.7 Å². The highest BCUT2D eigenvalue weighted by Gasteiger charge is 2.34. The smallest absolute Gasteiger partial charge is 0.328 e. The van der Waals surface area contributed by atoms with Crippen LogP contribution in [0.25, 0.3) is 10.9 Å². The van der Waals surface area contributed by atoms with E-state index >= 15 is 0 Å². The predicted octanol–water partition coefficient (Wildman–Crippen LogP) is 5.05. The quantitative estimate of drug-likeness (QED) is 0.236. The van der Waals surface area contributed by atoms with Crippen LogP contribution in [0.4, 0.5) is 4.79 Å². The van der Waals surface area contributed by atoms with Crippen molar-refractivity contribution < 1.29 is 23.9 Å². The van der Waals surface area contributed by atoms with Crippen LogP contribution in [0.3, 0.4) is 0 Å². The van der Waals surface area contributed by atoms with Crippen molar-refractivity contribution in [1.29, 1.82) is 0 Å². The maximum atomic E-state index is 13.9. The molecular weight excluding hydrogens is 614 g/mol. The first-order chi connectivity index (χ1) is 20.3. The Labute approximate surface area is 263 Å². The van der Waals surface area contributed by atoms with Crippen molar-refractivity contribution in [3.05, 3.63) is 34.4 Å². The highest BCUT2D eigenvalue weighted by molar-refractivity contribution is 9.10. The summed E-state index contributed by atoms with van der Waals surface area (Å²) in [5, 5.41) is 9.63. The van der Waals surface area contributed by atoms with E-state index < -0.39 is 35.9 Å². The zero-order valence-corrected chi connectivity index (χ0v) is 28.0. The van der Waals surface area contributed by atoms with Crippen LogP contribution in [-0.4, -0.2) is 71.0 Å². The molecule has 5 atom stereocenters. The number of fused-ring (bicyclic) bond motifs is 1. The Morgan fingerprint density at radius 1 is 0.907 bits per heavy atom. The Bertz CT molecular complexity index is 1270. The lowest BCUT2D eigenvalue weighted by atomic mass is 9.97. The summed E-state index contributed by atoms with van der Waals surface area (Å²) in [5.41, 5.74) is 1.70. The number of nitrogens with one attached hydrogen (secondary N) is 4. The average Bonchev–Trinajstić information content (AvgIpc) is 3.25. The van der Waals surface area contributed by atoms with E-state index in [1.54, 1.807) is 0 Å². The Balaban J connectivity index is 1.90. The number of esters is 1. The number of H-pyrrole nitrogens is 1. The molecule has 0 spiro atoms. The van der Waals surface area contributed by atoms with Crippen LogP contribution in [0.5, 0.6) is 0 Å². The number of hydrogen-bond acceptors (Lipinski definition) is 5. The van der Waals surface area contributed by atoms with E-state index in [4.69, 9.17) is 4.74 Å². The van der Waals surface area contributed by atoms with Gasteiger partial charge in [0.05, 0.1) is 11.7 Å². The third-order valence-corrected chi connectivity index (χ3v) is 8.74. The van der Waals surface area contributed by atoms with Gasteiger partial charge >= 0.3 is 12.0 Å². The predicted molar refractivity (Wildman–Crippen MR) is 171 cm³/mol. The molecule has 1 aromatic carbocycles. The minimum Gasteiger partial charge on any atom is -0.467 e. The summed E-state index contributed by atoms with van der Waals surface area (Å²) in [7, 11) is 1.29. The molecule has 1 aromatic heterocycles. The molecule has 43 heavy (non-hydrogen) atoms. The van der Waals surface area contributed by atoms with E-state index in [1.165, 1.54) is 7.11 Å². The van der Waals surface area contributed by atoms with Gasteiger partial charge in [0.2, 0.25) is 11.8 Å². The van der Waals surface area contributed by atoms with Gasteiger partial charge in [0.25, 0.3) is 0 Å². The molecule has 2 aromatic rings. The number of carbonyl (C=O) groups is 4. The van der Waals surface area contributed by atoms with Crippen molar-refractivity contribution in [3.8, 4) is 0 Å². The Morgan fingerprint density at radius 3 is 2.07 bits per heavy atom. The molecule has 1 aliphatic heterocycles. The lowest BCUT2D eigenvalue weighted by molar-refractivity contribution is -0.145. The van der Waals surface area contributed by atoms with E-state index in [0.29, 0.717) is 17.4 Å². The van der Waals surface area contributed by atoms with Gasteiger partial charge in [-0.3, -0.25) is 9.59 Å². The number of ether oxygens (including phenoxy) is 1. The van der Waals surface area contributed by atoms with Crippen LogP contribution in [-0.2, 0) is 25.5 Å². The topological polar surface area (TPSA) is 133 Å². The van der Waals surface area contributed by atoms with Gasteiger partial charge in [-0.2, -0.15) is 0 Å². The summed E-state index contributed by atoms with van der Waals surface area (Å²) in [4.78, 5) is 58.7. The molecule has 11 heteroatoms. The number of nitrogens with zero attached hydrogens (tertiary/aromatic N) is 1. The molecule has 1 fully saturated rings.